The number of rotatable bonds is 5. The molecule has 0 spiro atoms. The van der Waals surface area contributed by atoms with Crippen LogP contribution in [0.3, 0.4) is 0 Å². The summed E-state index contributed by atoms with van der Waals surface area (Å²) in [6.45, 7) is 3.46. The molecule has 0 saturated heterocycles. The first-order valence-electron chi connectivity index (χ1n) is 7.03. The van der Waals surface area contributed by atoms with Crippen LogP contribution in [-0.4, -0.2) is 24.3 Å². The van der Waals surface area contributed by atoms with Gasteiger partial charge in [-0.15, -0.1) is 0 Å². The maximum absolute atomic E-state index is 14.0. The first kappa shape index (κ1) is 17.1. The summed E-state index contributed by atoms with van der Waals surface area (Å²) in [6, 6.07) is 8.51. The maximum atomic E-state index is 14.0. The van der Waals surface area contributed by atoms with Gasteiger partial charge >= 0.3 is 0 Å². The number of hydrogen-bond acceptors (Lipinski definition) is 4. The van der Waals surface area contributed by atoms with Crippen LogP contribution in [0, 0.1) is 17.1 Å². The Bertz CT molecular complexity index is 846. The van der Waals surface area contributed by atoms with Crippen molar-refractivity contribution in [1.82, 2.24) is 9.29 Å². The molecule has 0 N–H and O–H groups in total. The first-order chi connectivity index (χ1) is 10.9. The Morgan fingerprint density at radius 2 is 2.04 bits per heavy atom. The molecule has 1 heterocycles. The molecule has 120 valence electrons. The molecule has 0 amide bonds. The largest absolute Gasteiger partial charge is 0.262 e. The lowest BCUT2D eigenvalue weighted by Crippen LogP contribution is -2.34. The highest BCUT2D eigenvalue weighted by molar-refractivity contribution is 7.89. The predicted molar refractivity (Wildman–Crippen MR) is 83.3 cm³/mol. The minimum absolute atomic E-state index is 0.0819. The van der Waals surface area contributed by atoms with Gasteiger partial charge in [0, 0.05) is 24.5 Å². The van der Waals surface area contributed by atoms with E-state index in [9.17, 15) is 12.8 Å². The Morgan fingerprint density at radius 3 is 2.65 bits per heavy atom. The molecule has 1 aromatic carbocycles. The van der Waals surface area contributed by atoms with Crippen molar-refractivity contribution in [2.75, 3.05) is 6.54 Å². The zero-order valence-electron chi connectivity index (χ0n) is 12.8. The standard InChI is InChI=1S/C16H16FN3O2S/c1-3-20(12(2)15-6-4-5-7-16(15)17)23(21,22)14-8-13(9-18)10-19-11-14/h4-8,10-12H,3H2,1-2H3/t12-/m1/s1. The van der Waals surface area contributed by atoms with Crippen molar-refractivity contribution in [3.05, 3.63) is 59.7 Å². The molecular formula is C16H16FN3O2S. The highest BCUT2D eigenvalue weighted by atomic mass is 32.2. The van der Waals surface area contributed by atoms with Gasteiger partial charge in [0.15, 0.2) is 0 Å². The monoisotopic (exact) mass is 333 g/mol. The molecule has 0 bridgehead atoms. The van der Waals surface area contributed by atoms with Crippen LogP contribution in [0.5, 0.6) is 0 Å². The van der Waals surface area contributed by atoms with Crippen LogP contribution in [0.4, 0.5) is 4.39 Å². The van der Waals surface area contributed by atoms with Crippen molar-refractivity contribution in [3.63, 3.8) is 0 Å². The van der Waals surface area contributed by atoms with Crippen molar-refractivity contribution in [1.29, 1.82) is 5.26 Å². The van der Waals surface area contributed by atoms with E-state index in [1.165, 1.54) is 28.8 Å². The van der Waals surface area contributed by atoms with Gasteiger partial charge in [-0.1, -0.05) is 25.1 Å². The smallest absolute Gasteiger partial charge is 0.245 e. The predicted octanol–water partition coefficient (Wildman–Crippen LogP) is 2.86. The minimum atomic E-state index is -3.89. The molecule has 1 atom stereocenters. The third-order valence-electron chi connectivity index (χ3n) is 3.55. The average Bonchev–Trinajstić information content (AvgIpc) is 2.55. The van der Waals surface area contributed by atoms with E-state index in [4.69, 9.17) is 5.26 Å². The molecule has 2 aromatic rings. The van der Waals surface area contributed by atoms with Gasteiger partial charge in [-0.25, -0.2) is 12.8 Å². The van der Waals surface area contributed by atoms with E-state index in [1.54, 1.807) is 32.0 Å². The van der Waals surface area contributed by atoms with E-state index in [0.29, 0.717) is 5.56 Å². The third-order valence-corrected chi connectivity index (χ3v) is 5.56. The lowest BCUT2D eigenvalue weighted by molar-refractivity contribution is 0.348. The number of aromatic nitrogens is 1. The molecule has 2 rings (SSSR count). The lowest BCUT2D eigenvalue weighted by Gasteiger charge is -2.27. The number of hydrogen-bond donors (Lipinski definition) is 0. The normalized spacial score (nSPS) is 12.8. The summed E-state index contributed by atoms with van der Waals surface area (Å²) in [4.78, 5) is 3.70. The van der Waals surface area contributed by atoms with E-state index in [-0.39, 0.29) is 17.0 Å². The molecule has 0 radical (unpaired) electrons. The molecule has 1 aromatic heterocycles. The number of sulfonamides is 1. The number of nitrogens with zero attached hydrogens (tertiary/aromatic N) is 3. The van der Waals surface area contributed by atoms with Crippen molar-refractivity contribution in [3.8, 4) is 6.07 Å². The fraction of sp³-hybridized carbons (Fsp3) is 0.250. The Balaban J connectivity index is 2.47. The summed E-state index contributed by atoms with van der Waals surface area (Å²) in [7, 11) is -3.89. The Labute approximate surface area is 135 Å². The Morgan fingerprint density at radius 1 is 1.35 bits per heavy atom. The lowest BCUT2D eigenvalue weighted by atomic mass is 10.1. The molecule has 23 heavy (non-hydrogen) atoms. The highest BCUT2D eigenvalue weighted by Gasteiger charge is 2.30. The third kappa shape index (κ3) is 3.38. The van der Waals surface area contributed by atoms with Gasteiger partial charge in [0.05, 0.1) is 11.6 Å². The van der Waals surface area contributed by atoms with E-state index in [2.05, 4.69) is 4.98 Å². The van der Waals surface area contributed by atoms with Gasteiger partial charge in [-0.05, 0) is 19.1 Å². The second kappa shape index (κ2) is 6.86. The van der Waals surface area contributed by atoms with Gasteiger partial charge in [-0.3, -0.25) is 4.98 Å². The van der Waals surface area contributed by atoms with Crippen molar-refractivity contribution in [2.45, 2.75) is 24.8 Å². The second-order valence-electron chi connectivity index (χ2n) is 4.93. The van der Waals surface area contributed by atoms with Crippen molar-refractivity contribution >= 4 is 10.0 Å². The molecule has 0 saturated carbocycles. The van der Waals surface area contributed by atoms with Gasteiger partial charge in [0.1, 0.15) is 16.8 Å². The highest BCUT2D eigenvalue weighted by Crippen LogP contribution is 2.28. The number of halogens is 1. The van der Waals surface area contributed by atoms with Crippen LogP contribution in [-0.2, 0) is 10.0 Å². The summed E-state index contributed by atoms with van der Waals surface area (Å²) in [5.74, 6) is -0.461. The quantitative estimate of drug-likeness (QED) is 0.843. The second-order valence-corrected chi connectivity index (χ2v) is 6.82. The van der Waals surface area contributed by atoms with Crippen molar-refractivity contribution in [2.24, 2.45) is 0 Å². The molecule has 0 unspecified atom stereocenters. The van der Waals surface area contributed by atoms with E-state index >= 15 is 0 Å². The van der Waals surface area contributed by atoms with E-state index in [0.717, 1.165) is 0 Å². The summed E-state index contributed by atoms with van der Waals surface area (Å²) < 4.78 is 40.8. The van der Waals surface area contributed by atoms with Crippen molar-refractivity contribution < 1.29 is 12.8 Å². The molecule has 0 fully saturated rings. The number of pyridine rings is 1. The van der Waals surface area contributed by atoms with Crippen LogP contribution < -0.4 is 0 Å². The summed E-state index contributed by atoms with van der Waals surface area (Å²) in [5.41, 5.74) is 0.447. The molecule has 7 heteroatoms. The van der Waals surface area contributed by atoms with Gasteiger partial charge in [-0.2, -0.15) is 9.57 Å². The fourth-order valence-corrected chi connectivity index (χ4v) is 3.99. The van der Waals surface area contributed by atoms with Crippen LogP contribution in [0.2, 0.25) is 0 Å². The fourth-order valence-electron chi connectivity index (χ4n) is 2.38. The average molecular weight is 333 g/mol. The molecule has 0 aliphatic heterocycles. The number of benzene rings is 1. The van der Waals surface area contributed by atoms with Gasteiger partial charge in [0.25, 0.3) is 0 Å². The maximum Gasteiger partial charge on any atom is 0.245 e. The zero-order valence-corrected chi connectivity index (χ0v) is 13.6. The molecule has 0 aliphatic rings. The van der Waals surface area contributed by atoms with E-state index < -0.39 is 21.9 Å². The summed E-state index contributed by atoms with van der Waals surface area (Å²) in [5, 5.41) is 8.90. The summed E-state index contributed by atoms with van der Waals surface area (Å²) >= 11 is 0. The molecule has 0 aliphatic carbocycles. The van der Waals surface area contributed by atoms with Crippen LogP contribution in [0.15, 0.2) is 47.6 Å². The minimum Gasteiger partial charge on any atom is -0.262 e. The van der Waals surface area contributed by atoms with Crippen LogP contribution in [0.1, 0.15) is 31.0 Å². The molecular weight excluding hydrogens is 317 g/mol. The molecule has 5 nitrogen and oxygen atoms in total. The first-order valence-corrected chi connectivity index (χ1v) is 8.47. The SMILES string of the molecule is CCN([C@H](C)c1ccccc1F)S(=O)(=O)c1cncc(C#N)c1. The van der Waals surface area contributed by atoms with Gasteiger partial charge in [0.2, 0.25) is 10.0 Å². The Kier molecular flexibility index (Phi) is 5.08. The van der Waals surface area contributed by atoms with E-state index in [1.807, 2.05) is 6.07 Å². The van der Waals surface area contributed by atoms with Crippen LogP contribution >= 0.6 is 0 Å². The summed E-state index contributed by atoms with van der Waals surface area (Å²) in [6.07, 6.45) is 2.47. The van der Waals surface area contributed by atoms with Crippen LogP contribution in [0.25, 0.3) is 0 Å². The number of nitriles is 1. The topological polar surface area (TPSA) is 74.1 Å². The zero-order chi connectivity index (χ0) is 17.0. The Hall–Kier alpha value is -2.30. The van der Waals surface area contributed by atoms with Gasteiger partial charge < -0.3 is 0 Å².